The summed E-state index contributed by atoms with van der Waals surface area (Å²) in [4.78, 5) is 24.0. The topological polar surface area (TPSA) is 80.6 Å². The summed E-state index contributed by atoms with van der Waals surface area (Å²) in [6.45, 7) is 3.24. The van der Waals surface area contributed by atoms with Gasteiger partial charge in [0.1, 0.15) is 5.75 Å². The van der Waals surface area contributed by atoms with Gasteiger partial charge in [-0.05, 0) is 31.5 Å². The fourth-order valence-electron chi connectivity index (χ4n) is 2.51. The van der Waals surface area contributed by atoms with Crippen molar-refractivity contribution in [3.63, 3.8) is 0 Å². The second kappa shape index (κ2) is 7.26. The second-order valence-corrected chi connectivity index (χ2v) is 5.73. The van der Waals surface area contributed by atoms with E-state index in [1.54, 1.807) is 25.1 Å². The molecule has 7 heteroatoms. The number of furan rings is 1. The Bertz CT molecular complexity index is 981. The van der Waals surface area contributed by atoms with Crippen molar-refractivity contribution in [3.8, 4) is 5.75 Å². The van der Waals surface area contributed by atoms with Crippen LogP contribution in [0.25, 0.3) is 11.0 Å². The van der Waals surface area contributed by atoms with Gasteiger partial charge in [-0.25, -0.2) is 4.39 Å². The van der Waals surface area contributed by atoms with Crippen molar-refractivity contribution in [2.45, 2.75) is 13.8 Å². The highest BCUT2D eigenvalue weighted by Gasteiger charge is 2.20. The van der Waals surface area contributed by atoms with Gasteiger partial charge in [0.2, 0.25) is 0 Å². The number of fused-ring (bicyclic) bond motifs is 1. The number of hydrogen-bond acceptors (Lipinski definition) is 4. The van der Waals surface area contributed by atoms with Gasteiger partial charge in [0.15, 0.2) is 23.8 Å². The van der Waals surface area contributed by atoms with E-state index in [-0.39, 0.29) is 18.0 Å². The first-order chi connectivity index (χ1) is 12.5. The maximum atomic E-state index is 13.7. The molecule has 0 atom stereocenters. The van der Waals surface area contributed by atoms with Crippen molar-refractivity contribution < 1.29 is 23.1 Å². The van der Waals surface area contributed by atoms with Crippen LogP contribution < -0.4 is 15.6 Å². The number of halogens is 1. The predicted octanol–water partition coefficient (Wildman–Crippen LogP) is 3.03. The molecule has 0 saturated carbocycles. The summed E-state index contributed by atoms with van der Waals surface area (Å²) in [5, 5.41) is 0.504. The molecule has 2 N–H and O–H groups in total. The van der Waals surface area contributed by atoms with Crippen molar-refractivity contribution in [2.24, 2.45) is 0 Å². The molecule has 2 amide bonds. The molecule has 3 aromatic rings. The van der Waals surface area contributed by atoms with Crippen molar-refractivity contribution >= 4 is 22.8 Å². The van der Waals surface area contributed by atoms with Crippen molar-refractivity contribution in [1.29, 1.82) is 0 Å². The number of hydrazine groups is 1. The molecule has 6 nitrogen and oxygen atoms in total. The summed E-state index contributed by atoms with van der Waals surface area (Å²) in [7, 11) is 0. The van der Waals surface area contributed by atoms with Crippen LogP contribution in [0, 0.1) is 19.7 Å². The standard InChI is InChI=1S/C19H17FN2O4/c1-11-6-3-4-9-15(11)25-10-16(23)21-22-19(24)17-12(2)13-7-5-8-14(20)18(13)26-17/h3-9H,10H2,1-2H3,(H,21,23)(H,22,24). The van der Waals surface area contributed by atoms with Gasteiger partial charge in [0.25, 0.3) is 5.91 Å². The lowest BCUT2D eigenvalue weighted by Gasteiger charge is -2.09. The Morgan fingerprint density at radius 1 is 1.08 bits per heavy atom. The van der Waals surface area contributed by atoms with Crippen LogP contribution in [0.5, 0.6) is 5.75 Å². The molecule has 0 aliphatic heterocycles. The molecule has 0 saturated heterocycles. The molecule has 0 bridgehead atoms. The van der Waals surface area contributed by atoms with Crippen LogP contribution in [0.4, 0.5) is 4.39 Å². The average molecular weight is 356 g/mol. The molecule has 0 aliphatic carbocycles. The highest BCUT2D eigenvalue weighted by atomic mass is 19.1. The van der Waals surface area contributed by atoms with Crippen LogP contribution in [0.2, 0.25) is 0 Å². The van der Waals surface area contributed by atoms with E-state index < -0.39 is 17.6 Å². The van der Waals surface area contributed by atoms with Crippen LogP contribution >= 0.6 is 0 Å². The summed E-state index contributed by atoms with van der Waals surface area (Å²) in [5.41, 5.74) is 5.86. The quantitative estimate of drug-likeness (QED) is 0.704. The summed E-state index contributed by atoms with van der Waals surface area (Å²) >= 11 is 0. The number of hydrogen-bond donors (Lipinski definition) is 2. The zero-order valence-electron chi connectivity index (χ0n) is 14.3. The third kappa shape index (κ3) is 3.51. The second-order valence-electron chi connectivity index (χ2n) is 5.73. The Morgan fingerprint density at radius 3 is 2.58 bits per heavy atom. The predicted molar refractivity (Wildman–Crippen MR) is 93.2 cm³/mol. The van der Waals surface area contributed by atoms with E-state index in [1.165, 1.54) is 12.1 Å². The Kier molecular flexibility index (Phi) is 4.88. The molecule has 2 aromatic carbocycles. The number of ether oxygens (including phenoxy) is 1. The van der Waals surface area contributed by atoms with Gasteiger partial charge >= 0.3 is 5.91 Å². The lowest BCUT2D eigenvalue weighted by molar-refractivity contribution is -0.123. The number of para-hydroxylation sites is 2. The first-order valence-corrected chi connectivity index (χ1v) is 7.92. The van der Waals surface area contributed by atoms with Gasteiger partial charge in [0, 0.05) is 10.9 Å². The molecule has 1 aromatic heterocycles. The fourth-order valence-corrected chi connectivity index (χ4v) is 2.51. The molecule has 3 rings (SSSR count). The lowest BCUT2D eigenvalue weighted by atomic mass is 10.1. The van der Waals surface area contributed by atoms with Gasteiger partial charge < -0.3 is 9.15 Å². The molecule has 0 spiro atoms. The zero-order chi connectivity index (χ0) is 18.7. The van der Waals surface area contributed by atoms with Gasteiger partial charge in [-0.1, -0.05) is 30.3 Å². The number of carbonyl (C=O) groups excluding carboxylic acids is 2. The number of carbonyl (C=O) groups is 2. The molecule has 0 fully saturated rings. The normalized spacial score (nSPS) is 10.6. The number of rotatable bonds is 4. The van der Waals surface area contributed by atoms with Crippen LogP contribution in [0.3, 0.4) is 0 Å². The van der Waals surface area contributed by atoms with Crippen molar-refractivity contribution in [1.82, 2.24) is 10.9 Å². The minimum Gasteiger partial charge on any atom is -0.483 e. The summed E-state index contributed by atoms with van der Waals surface area (Å²) in [6, 6.07) is 11.7. The first kappa shape index (κ1) is 17.5. The summed E-state index contributed by atoms with van der Waals surface area (Å²) in [5.74, 6) is -1.26. The van der Waals surface area contributed by atoms with Gasteiger partial charge in [-0.2, -0.15) is 0 Å². The average Bonchev–Trinajstić information content (AvgIpc) is 2.97. The van der Waals surface area contributed by atoms with E-state index in [2.05, 4.69) is 10.9 Å². The number of benzene rings is 2. The zero-order valence-corrected chi connectivity index (χ0v) is 14.3. The number of aryl methyl sites for hydroxylation is 2. The monoisotopic (exact) mass is 356 g/mol. The number of amides is 2. The Labute approximate surface area is 148 Å². The van der Waals surface area contributed by atoms with Crippen LogP contribution in [-0.2, 0) is 4.79 Å². The smallest absolute Gasteiger partial charge is 0.305 e. The van der Waals surface area contributed by atoms with Gasteiger partial charge in [-0.15, -0.1) is 0 Å². The van der Waals surface area contributed by atoms with Crippen molar-refractivity contribution in [2.75, 3.05) is 6.61 Å². The highest BCUT2D eigenvalue weighted by molar-refractivity contribution is 5.99. The van der Waals surface area contributed by atoms with Crippen LogP contribution in [-0.4, -0.2) is 18.4 Å². The van der Waals surface area contributed by atoms with Crippen molar-refractivity contribution in [3.05, 3.63) is 65.2 Å². The minimum absolute atomic E-state index is 0.00404. The van der Waals surface area contributed by atoms with Crippen LogP contribution in [0.15, 0.2) is 46.9 Å². The minimum atomic E-state index is -0.678. The third-order valence-corrected chi connectivity index (χ3v) is 3.89. The molecule has 134 valence electrons. The van der Waals surface area contributed by atoms with Crippen LogP contribution in [0.1, 0.15) is 21.7 Å². The highest BCUT2D eigenvalue weighted by Crippen LogP contribution is 2.27. The SMILES string of the molecule is Cc1ccccc1OCC(=O)NNC(=O)c1oc2c(F)cccc2c1C. The maximum absolute atomic E-state index is 13.7. The number of nitrogens with one attached hydrogen (secondary N) is 2. The molecule has 0 aliphatic rings. The Morgan fingerprint density at radius 2 is 1.85 bits per heavy atom. The molecule has 1 heterocycles. The molecular weight excluding hydrogens is 339 g/mol. The third-order valence-electron chi connectivity index (χ3n) is 3.89. The van der Waals surface area contributed by atoms with Gasteiger partial charge in [0.05, 0.1) is 0 Å². The summed E-state index contributed by atoms with van der Waals surface area (Å²) < 4.78 is 24.4. The van der Waals surface area contributed by atoms with E-state index in [0.717, 1.165) is 5.56 Å². The Hall–Kier alpha value is -3.35. The Balaban J connectivity index is 1.60. The van der Waals surface area contributed by atoms with E-state index in [1.807, 2.05) is 19.1 Å². The molecule has 0 radical (unpaired) electrons. The largest absolute Gasteiger partial charge is 0.483 e. The fraction of sp³-hybridized carbons (Fsp3) is 0.158. The lowest BCUT2D eigenvalue weighted by Crippen LogP contribution is -2.43. The van der Waals surface area contributed by atoms with E-state index in [9.17, 15) is 14.0 Å². The molecule has 0 unspecified atom stereocenters. The van der Waals surface area contributed by atoms with E-state index in [0.29, 0.717) is 16.7 Å². The van der Waals surface area contributed by atoms with E-state index >= 15 is 0 Å². The molecule has 26 heavy (non-hydrogen) atoms. The summed E-state index contributed by atoms with van der Waals surface area (Å²) in [6.07, 6.45) is 0. The van der Waals surface area contributed by atoms with E-state index in [4.69, 9.17) is 9.15 Å². The molecular formula is C19H17FN2O4. The van der Waals surface area contributed by atoms with Gasteiger partial charge in [-0.3, -0.25) is 20.4 Å². The maximum Gasteiger partial charge on any atom is 0.305 e. The first-order valence-electron chi connectivity index (χ1n) is 7.92.